The van der Waals surface area contributed by atoms with E-state index in [9.17, 15) is 4.39 Å². The molecule has 1 aliphatic heterocycles. The Balaban J connectivity index is 1.52. The smallest absolute Gasteiger partial charge is 0.123 e. The fraction of sp³-hybridized carbons (Fsp3) is 0.667. The number of rotatable bonds is 8. The Morgan fingerprint density at radius 1 is 1.10 bits per heavy atom. The first-order valence-electron chi connectivity index (χ1n) is 8.35. The van der Waals surface area contributed by atoms with Crippen LogP contribution in [-0.4, -0.2) is 31.1 Å². The highest BCUT2D eigenvalue weighted by molar-refractivity contribution is 5.21. The summed E-state index contributed by atoms with van der Waals surface area (Å²) in [7, 11) is 0. The van der Waals surface area contributed by atoms with Crippen molar-refractivity contribution < 1.29 is 9.13 Å². The lowest BCUT2D eigenvalue weighted by atomic mass is 10.0. The highest BCUT2D eigenvalue weighted by atomic mass is 19.1. The molecule has 21 heavy (non-hydrogen) atoms. The van der Waals surface area contributed by atoms with Crippen molar-refractivity contribution in [1.82, 2.24) is 4.90 Å². The second-order valence-corrected chi connectivity index (χ2v) is 6.24. The molecule has 0 N–H and O–H groups in total. The van der Waals surface area contributed by atoms with Gasteiger partial charge in [-0.25, -0.2) is 4.39 Å². The fourth-order valence-electron chi connectivity index (χ4n) is 2.90. The van der Waals surface area contributed by atoms with Crippen LogP contribution >= 0.6 is 0 Å². The van der Waals surface area contributed by atoms with Crippen molar-refractivity contribution in [2.24, 2.45) is 5.92 Å². The van der Waals surface area contributed by atoms with E-state index in [0.29, 0.717) is 5.92 Å². The Labute approximate surface area is 128 Å². The van der Waals surface area contributed by atoms with Crippen LogP contribution in [0.1, 0.15) is 45.4 Å². The minimum Gasteiger partial charge on any atom is -0.494 e. The summed E-state index contributed by atoms with van der Waals surface area (Å²) in [6.07, 6.45) is 7.79. The van der Waals surface area contributed by atoms with E-state index in [0.717, 1.165) is 18.8 Å². The summed E-state index contributed by atoms with van der Waals surface area (Å²) in [5.41, 5.74) is 0. The quantitative estimate of drug-likeness (QED) is 0.700. The average Bonchev–Trinajstić information content (AvgIpc) is 2.50. The molecule has 2 nitrogen and oxygen atoms in total. The largest absolute Gasteiger partial charge is 0.494 e. The van der Waals surface area contributed by atoms with E-state index in [1.807, 2.05) is 0 Å². The van der Waals surface area contributed by atoms with Gasteiger partial charge in [-0.2, -0.15) is 0 Å². The van der Waals surface area contributed by atoms with Gasteiger partial charge in [-0.3, -0.25) is 0 Å². The molecule has 1 heterocycles. The lowest BCUT2D eigenvalue weighted by Crippen LogP contribution is -2.30. The Hall–Kier alpha value is -1.09. The molecular weight excluding hydrogens is 265 g/mol. The summed E-state index contributed by atoms with van der Waals surface area (Å²) >= 11 is 0. The third-order valence-corrected chi connectivity index (χ3v) is 4.31. The Morgan fingerprint density at radius 2 is 1.81 bits per heavy atom. The number of likely N-dealkylation sites (tertiary alicyclic amines) is 1. The summed E-state index contributed by atoms with van der Waals surface area (Å²) in [5, 5.41) is 0. The van der Waals surface area contributed by atoms with Crippen molar-refractivity contribution >= 4 is 0 Å². The summed E-state index contributed by atoms with van der Waals surface area (Å²) < 4.78 is 18.4. The molecule has 1 aromatic carbocycles. The van der Waals surface area contributed by atoms with Crippen molar-refractivity contribution in [2.45, 2.75) is 45.4 Å². The third kappa shape index (κ3) is 6.47. The van der Waals surface area contributed by atoms with Crippen molar-refractivity contribution in [3.63, 3.8) is 0 Å². The fourth-order valence-corrected chi connectivity index (χ4v) is 2.90. The van der Waals surface area contributed by atoms with Crippen LogP contribution in [0.2, 0.25) is 0 Å². The maximum Gasteiger partial charge on any atom is 0.123 e. The molecule has 1 unspecified atom stereocenters. The van der Waals surface area contributed by atoms with Gasteiger partial charge < -0.3 is 9.64 Å². The lowest BCUT2D eigenvalue weighted by Gasteiger charge is -2.26. The van der Waals surface area contributed by atoms with E-state index in [2.05, 4.69) is 11.8 Å². The first-order valence-corrected chi connectivity index (χ1v) is 8.35. The number of hydrogen-bond donors (Lipinski definition) is 0. The highest BCUT2D eigenvalue weighted by Crippen LogP contribution is 2.16. The summed E-state index contributed by atoms with van der Waals surface area (Å²) in [5.74, 6) is 1.24. The van der Waals surface area contributed by atoms with Crippen LogP contribution in [0, 0.1) is 11.7 Å². The lowest BCUT2D eigenvalue weighted by molar-refractivity contribution is 0.216. The number of piperidine rings is 1. The van der Waals surface area contributed by atoms with Crippen LogP contribution in [-0.2, 0) is 0 Å². The molecule has 0 aliphatic carbocycles. The molecule has 1 fully saturated rings. The van der Waals surface area contributed by atoms with Crippen LogP contribution in [0.5, 0.6) is 5.75 Å². The third-order valence-electron chi connectivity index (χ3n) is 4.31. The SMILES string of the molecule is CC(CCCN1CCCCC1)CCOc1ccc(F)cc1. The number of nitrogens with zero attached hydrogens (tertiary/aromatic N) is 1. The predicted molar refractivity (Wildman–Crippen MR) is 85.2 cm³/mol. The molecule has 2 rings (SSSR count). The summed E-state index contributed by atoms with van der Waals surface area (Å²) in [6, 6.07) is 6.27. The topological polar surface area (TPSA) is 12.5 Å². The van der Waals surface area contributed by atoms with Crippen molar-refractivity contribution in [1.29, 1.82) is 0 Å². The van der Waals surface area contributed by atoms with Crippen LogP contribution in [0.25, 0.3) is 0 Å². The molecule has 0 spiro atoms. The van der Waals surface area contributed by atoms with E-state index in [4.69, 9.17) is 4.74 Å². The monoisotopic (exact) mass is 293 g/mol. The van der Waals surface area contributed by atoms with E-state index < -0.39 is 0 Å². The van der Waals surface area contributed by atoms with E-state index in [1.54, 1.807) is 12.1 Å². The Morgan fingerprint density at radius 3 is 2.52 bits per heavy atom. The number of hydrogen-bond acceptors (Lipinski definition) is 2. The van der Waals surface area contributed by atoms with Gasteiger partial charge in [-0.15, -0.1) is 0 Å². The number of benzene rings is 1. The van der Waals surface area contributed by atoms with E-state index >= 15 is 0 Å². The number of ether oxygens (including phenoxy) is 1. The molecule has 0 radical (unpaired) electrons. The molecule has 118 valence electrons. The van der Waals surface area contributed by atoms with Gasteiger partial charge in [-0.1, -0.05) is 13.3 Å². The molecule has 1 atom stereocenters. The van der Waals surface area contributed by atoms with Crippen molar-refractivity contribution in [3.8, 4) is 5.75 Å². The zero-order valence-electron chi connectivity index (χ0n) is 13.2. The molecule has 0 amide bonds. The van der Waals surface area contributed by atoms with E-state index in [1.165, 1.54) is 63.9 Å². The molecular formula is C18H28FNO. The normalized spacial score (nSPS) is 17.6. The summed E-state index contributed by atoms with van der Waals surface area (Å²) in [6.45, 7) is 6.86. The van der Waals surface area contributed by atoms with E-state index in [-0.39, 0.29) is 5.82 Å². The number of halogens is 1. The Kier molecular flexibility index (Phi) is 7.01. The molecule has 0 saturated carbocycles. The van der Waals surface area contributed by atoms with Crippen LogP contribution in [0.4, 0.5) is 4.39 Å². The van der Waals surface area contributed by atoms with Gasteiger partial charge >= 0.3 is 0 Å². The maximum absolute atomic E-state index is 12.8. The molecule has 3 heteroatoms. The maximum atomic E-state index is 12.8. The van der Waals surface area contributed by atoms with Gasteiger partial charge in [0.25, 0.3) is 0 Å². The van der Waals surface area contributed by atoms with Gasteiger partial charge in [0.1, 0.15) is 11.6 Å². The predicted octanol–water partition coefficient (Wildman–Crippen LogP) is 4.50. The Bertz CT molecular complexity index is 387. The first-order chi connectivity index (χ1) is 10.2. The molecule has 1 saturated heterocycles. The molecule has 1 aliphatic rings. The summed E-state index contributed by atoms with van der Waals surface area (Å²) in [4.78, 5) is 2.60. The van der Waals surface area contributed by atoms with Crippen molar-refractivity contribution in [3.05, 3.63) is 30.1 Å². The van der Waals surface area contributed by atoms with Gasteiger partial charge in [0.15, 0.2) is 0 Å². The minimum atomic E-state index is -0.214. The first kappa shape index (κ1) is 16.3. The van der Waals surface area contributed by atoms with Crippen molar-refractivity contribution in [2.75, 3.05) is 26.2 Å². The zero-order chi connectivity index (χ0) is 14.9. The van der Waals surface area contributed by atoms with Gasteiger partial charge in [-0.05, 0) is 81.9 Å². The van der Waals surface area contributed by atoms with Crippen LogP contribution in [0.3, 0.4) is 0 Å². The molecule has 1 aromatic rings. The molecule has 0 aromatic heterocycles. The van der Waals surface area contributed by atoms with Crippen LogP contribution in [0.15, 0.2) is 24.3 Å². The standard InChI is InChI=1S/C18H28FNO/c1-16(6-5-14-20-12-3-2-4-13-20)11-15-21-18-9-7-17(19)8-10-18/h7-10,16H,2-6,11-15H2,1H3. The second-order valence-electron chi connectivity index (χ2n) is 6.24. The van der Waals surface area contributed by atoms with Gasteiger partial charge in [0.05, 0.1) is 6.61 Å². The van der Waals surface area contributed by atoms with Crippen LogP contribution < -0.4 is 4.74 Å². The zero-order valence-corrected chi connectivity index (χ0v) is 13.2. The average molecular weight is 293 g/mol. The second kappa shape index (κ2) is 9.04. The van der Waals surface area contributed by atoms with Gasteiger partial charge in [0, 0.05) is 0 Å². The van der Waals surface area contributed by atoms with Gasteiger partial charge in [0.2, 0.25) is 0 Å². The molecule has 0 bridgehead atoms. The highest BCUT2D eigenvalue weighted by Gasteiger charge is 2.10. The minimum absolute atomic E-state index is 0.214.